The second kappa shape index (κ2) is 3.29. The molecule has 0 amide bonds. The summed E-state index contributed by atoms with van der Waals surface area (Å²) in [6.07, 6.45) is 6.56. The second-order valence-electron chi connectivity index (χ2n) is 3.73. The summed E-state index contributed by atoms with van der Waals surface area (Å²) in [5.41, 5.74) is 3.56. The minimum absolute atomic E-state index is 0.577. The van der Waals surface area contributed by atoms with Crippen molar-refractivity contribution in [3.63, 3.8) is 0 Å². The Morgan fingerprint density at radius 1 is 1.17 bits per heavy atom. The predicted molar refractivity (Wildman–Crippen MR) is 61.1 cm³/mol. The van der Waals surface area contributed by atoms with E-state index < -0.39 is 0 Å². The van der Waals surface area contributed by atoms with Gasteiger partial charge < -0.3 is 4.98 Å². The lowest BCUT2D eigenvalue weighted by atomic mass is 10.2. The molecule has 86 valence electrons. The molecule has 0 aliphatic carbocycles. The summed E-state index contributed by atoms with van der Waals surface area (Å²) in [7, 11) is 0. The molecule has 0 aromatic carbocycles. The van der Waals surface area contributed by atoms with Crippen LogP contribution in [-0.2, 0) is 0 Å². The molecule has 4 aromatic rings. The van der Waals surface area contributed by atoms with Crippen molar-refractivity contribution in [2.45, 2.75) is 0 Å². The van der Waals surface area contributed by atoms with Gasteiger partial charge >= 0.3 is 5.65 Å². The van der Waals surface area contributed by atoms with Gasteiger partial charge in [-0.05, 0) is 0 Å². The average Bonchev–Trinajstić information content (AvgIpc) is 3.04. The maximum Gasteiger partial charge on any atom is 0.325 e. The second-order valence-corrected chi connectivity index (χ2v) is 3.73. The van der Waals surface area contributed by atoms with Crippen molar-refractivity contribution in [3.8, 4) is 11.4 Å². The number of fused-ring (bicyclic) bond motifs is 2. The van der Waals surface area contributed by atoms with Gasteiger partial charge in [0.2, 0.25) is 0 Å². The number of nitrogens with one attached hydrogen (secondary N) is 3. The molecule has 0 saturated heterocycles. The molecule has 0 saturated carbocycles. The molecule has 0 spiro atoms. The quantitative estimate of drug-likeness (QED) is 0.489. The van der Waals surface area contributed by atoms with Crippen LogP contribution in [0.4, 0.5) is 0 Å². The molecular formula is C10H7N8+. The molecule has 3 N–H and O–H groups in total. The summed E-state index contributed by atoms with van der Waals surface area (Å²) in [5.74, 6) is 0.659. The Morgan fingerprint density at radius 2 is 2.11 bits per heavy atom. The van der Waals surface area contributed by atoms with E-state index in [1.165, 1.54) is 0 Å². The van der Waals surface area contributed by atoms with Crippen molar-refractivity contribution < 1.29 is 4.98 Å². The van der Waals surface area contributed by atoms with Crippen LogP contribution in [0.15, 0.2) is 24.9 Å². The van der Waals surface area contributed by atoms with Crippen molar-refractivity contribution in [2.75, 3.05) is 0 Å². The zero-order valence-electron chi connectivity index (χ0n) is 9.05. The molecule has 0 aliphatic heterocycles. The third kappa shape index (κ3) is 1.19. The van der Waals surface area contributed by atoms with E-state index in [4.69, 9.17) is 0 Å². The van der Waals surface area contributed by atoms with E-state index in [1.807, 2.05) is 0 Å². The minimum Gasteiger partial charge on any atom is -0.321 e. The Labute approximate surface area is 99.6 Å². The summed E-state index contributed by atoms with van der Waals surface area (Å²) in [6, 6.07) is 0. The van der Waals surface area contributed by atoms with Gasteiger partial charge in [0.25, 0.3) is 0 Å². The first-order chi connectivity index (χ1) is 8.92. The highest BCUT2D eigenvalue weighted by molar-refractivity contribution is 5.86. The Hall–Kier alpha value is -2.90. The average molecular weight is 239 g/mol. The number of imidazole rings is 2. The van der Waals surface area contributed by atoms with E-state index in [2.05, 4.69) is 40.1 Å². The Bertz CT molecular complexity index is 812. The molecule has 0 radical (unpaired) electrons. The van der Waals surface area contributed by atoms with E-state index in [9.17, 15) is 0 Å². The molecule has 4 aromatic heterocycles. The number of aromatic amines is 3. The van der Waals surface area contributed by atoms with Gasteiger partial charge in [-0.15, -0.1) is 0 Å². The number of hydrogen-bond donors (Lipinski definition) is 2. The maximum atomic E-state index is 4.38. The smallest absolute Gasteiger partial charge is 0.321 e. The molecule has 0 aliphatic rings. The lowest BCUT2D eigenvalue weighted by Crippen LogP contribution is -1.99. The van der Waals surface area contributed by atoms with Crippen LogP contribution >= 0.6 is 0 Å². The molecule has 4 heterocycles. The van der Waals surface area contributed by atoms with E-state index >= 15 is 0 Å². The summed E-state index contributed by atoms with van der Waals surface area (Å²) >= 11 is 0. The number of aromatic nitrogens is 8. The lowest BCUT2D eigenvalue weighted by Gasteiger charge is -1.91. The molecule has 4 rings (SSSR count). The van der Waals surface area contributed by atoms with Crippen LogP contribution in [0, 0.1) is 0 Å². The topological polar surface area (TPSA) is 110 Å². The first-order valence-corrected chi connectivity index (χ1v) is 5.29. The summed E-state index contributed by atoms with van der Waals surface area (Å²) in [6.45, 7) is 0. The number of H-pyrrole nitrogens is 3. The van der Waals surface area contributed by atoms with Crippen molar-refractivity contribution >= 4 is 22.5 Å². The fraction of sp³-hybridized carbons (Fsp3) is 0. The van der Waals surface area contributed by atoms with Crippen molar-refractivity contribution in [1.82, 2.24) is 35.1 Å². The first-order valence-electron chi connectivity index (χ1n) is 5.29. The lowest BCUT2D eigenvalue weighted by molar-refractivity contribution is -0.347. The maximum absolute atomic E-state index is 4.38. The van der Waals surface area contributed by atoms with Crippen LogP contribution in [0.2, 0.25) is 0 Å². The van der Waals surface area contributed by atoms with Gasteiger partial charge in [0.15, 0.2) is 23.1 Å². The number of hydrogen-bond acceptors (Lipinski definition) is 5. The monoisotopic (exact) mass is 239 g/mol. The molecule has 18 heavy (non-hydrogen) atoms. The summed E-state index contributed by atoms with van der Waals surface area (Å²) in [4.78, 5) is 21.8. The van der Waals surface area contributed by atoms with E-state index in [0.29, 0.717) is 22.8 Å². The Kier molecular flexibility index (Phi) is 1.68. The summed E-state index contributed by atoms with van der Waals surface area (Å²) < 4.78 is 0. The molecular weight excluding hydrogens is 232 g/mol. The molecule has 0 fully saturated rings. The van der Waals surface area contributed by atoms with Gasteiger partial charge in [-0.25, -0.2) is 19.9 Å². The van der Waals surface area contributed by atoms with Gasteiger partial charge in [0.05, 0.1) is 11.8 Å². The largest absolute Gasteiger partial charge is 0.325 e. The summed E-state index contributed by atoms with van der Waals surface area (Å²) in [5, 5.41) is 7.90. The van der Waals surface area contributed by atoms with E-state index in [-0.39, 0.29) is 0 Å². The standard InChI is InChI=1S/C10H6N8/c1-2-12-10-9(11-1)16-7(17-10)5-3-15-18-8-6(5)13-4-14-8/h1-4H,(H,13,14,18)(H,11,12,16,17)/p+1. The third-order valence-electron chi connectivity index (χ3n) is 2.66. The highest BCUT2D eigenvalue weighted by atomic mass is 15.1. The normalized spacial score (nSPS) is 11.3. The molecule has 8 nitrogen and oxygen atoms in total. The van der Waals surface area contributed by atoms with Gasteiger partial charge in [-0.3, -0.25) is 4.98 Å². The van der Waals surface area contributed by atoms with Crippen LogP contribution in [0.1, 0.15) is 0 Å². The SMILES string of the molecule is c1cnc2[nH]c(-c3cnnc4[nH+]c[nH]c34)nc2n1. The molecule has 0 bridgehead atoms. The minimum atomic E-state index is 0.577. The van der Waals surface area contributed by atoms with Crippen LogP contribution in [-0.4, -0.2) is 35.1 Å². The predicted octanol–water partition coefficient (Wildman–Crippen LogP) is 0.105. The van der Waals surface area contributed by atoms with E-state index in [0.717, 1.165) is 11.1 Å². The van der Waals surface area contributed by atoms with Gasteiger partial charge in [-0.1, -0.05) is 5.10 Å². The third-order valence-corrected chi connectivity index (χ3v) is 2.66. The van der Waals surface area contributed by atoms with E-state index in [1.54, 1.807) is 24.9 Å². The first kappa shape index (κ1) is 9.16. The highest BCUT2D eigenvalue weighted by Gasteiger charge is 2.16. The fourth-order valence-electron chi connectivity index (χ4n) is 1.86. The van der Waals surface area contributed by atoms with Crippen LogP contribution in [0.3, 0.4) is 0 Å². The fourth-order valence-corrected chi connectivity index (χ4v) is 1.86. The van der Waals surface area contributed by atoms with Crippen LogP contribution in [0.5, 0.6) is 0 Å². The van der Waals surface area contributed by atoms with Crippen LogP contribution in [0.25, 0.3) is 33.8 Å². The molecule has 0 unspecified atom stereocenters. The van der Waals surface area contributed by atoms with Gasteiger partial charge in [0, 0.05) is 17.5 Å². The number of rotatable bonds is 1. The Balaban J connectivity index is 2.04. The van der Waals surface area contributed by atoms with Crippen molar-refractivity contribution in [3.05, 3.63) is 24.9 Å². The van der Waals surface area contributed by atoms with Gasteiger partial charge in [0.1, 0.15) is 5.82 Å². The molecule has 0 atom stereocenters. The highest BCUT2D eigenvalue weighted by Crippen LogP contribution is 2.21. The zero-order valence-corrected chi connectivity index (χ0v) is 9.05. The zero-order chi connectivity index (χ0) is 11.9. The Morgan fingerprint density at radius 3 is 3.06 bits per heavy atom. The van der Waals surface area contributed by atoms with Gasteiger partial charge in [-0.2, -0.15) is 0 Å². The molecule has 8 heteroatoms. The van der Waals surface area contributed by atoms with Crippen LogP contribution < -0.4 is 4.98 Å². The van der Waals surface area contributed by atoms with Crippen molar-refractivity contribution in [2.24, 2.45) is 0 Å². The van der Waals surface area contributed by atoms with Crippen molar-refractivity contribution in [1.29, 1.82) is 0 Å². The number of nitrogens with zero attached hydrogens (tertiary/aromatic N) is 5.